The van der Waals surface area contributed by atoms with E-state index in [1.54, 1.807) is 30.6 Å². The van der Waals surface area contributed by atoms with Crippen LogP contribution in [0.4, 0.5) is 0 Å². The Hall–Kier alpha value is -2.16. The zero-order valence-corrected chi connectivity index (χ0v) is 9.35. The lowest BCUT2D eigenvalue weighted by Gasteiger charge is -2.02. The van der Waals surface area contributed by atoms with E-state index in [1.807, 2.05) is 19.1 Å². The van der Waals surface area contributed by atoms with Crippen LogP contribution in [0, 0.1) is 0 Å². The number of nitrogens with zero attached hydrogens (tertiary/aromatic N) is 2. The summed E-state index contributed by atoms with van der Waals surface area (Å²) in [7, 11) is 0. The number of aromatic nitrogens is 1. The summed E-state index contributed by atoms with van der Waals surface area (Å²) in [5.41, 5.74) is 5.49. The molecule has 0 saturated carbocycles. The first kappa shape index (κ1) is 11.9. The van der Waals surface area contributed by atoms with Crippen LogP contribution in [0.3, 0.4) is 0 Å². The molecule has 0 saturated heterocycles. The van der Waals surface area contributed by atoms with Crippen molar-refractivity contribution in [2.45, 2.75) is 6.92 Å². The predicted octanol–water partition coefficient (Wildman–Crippen LogP) is 2.65. The molecule has 0 aliphatic rings. The van der Waals surface area contributed by atoms with E-state index >= 15 is 0 Å². The van der Waals surface area contributed by atoms with Crippen LogP contribution in [0.5, 0.6) is 0 Å². The van der Waals surface area contributed by atoms with Crippen LogP contribution in [0.2, 0.25) is 0 Å². The van der Waals surface area contributed by atoms with Gasteiger partial charge in [0.05, 0.1) is 5.71 Å². The van der Waals surface area contributed by atoms with Crippen molar-refractivity contribution in [3.05, 3.63) is 67.2 Å². The predicted molar refractivity (Wildman–Crippen MR) is 68.1 cm³/mol. The Morgan fingerprint density at radius 3 is 2.75 bits per heavy atom. The van der Waals surface area contributed by atoms with Crippen LogP contribution < -0.4 is 5.43 Å². The molecule has 3 heteroatoms. The van der Waals surface area contributed by atoms with Gasteiger partial charge in [0.15, 0.2) is 0 Å². The van der Waals surface area contributed by atoms with Crippen molar-refractivity contribution in [2.75, 3.05) is 0 Å². The first-order valence-electron chi connectivity index (χ1n) is 4.92. The standard InChI is InChI=1S/C13H15N3/c1-4-5-6-11(2)15-16-12(3)13-7-9-14-10-8-13/h4-10,15H,1-2H2,3H3/b6-5-,16-12+. The molecule has 0 aliphatic heterocycles. The SMILES string of the molecule is C=C/C=C\C(=C)N/N=C(\C)c1ccncc1. The molecule has 1 aromatic rings. The summed E-state index contributed by atoms with van der Waals surface area (Å²) >= 11 is 0. The second kappa shape index (κ2) is 6.35. The number of allylic oxidation sites excluding steroid dienone is 3. The van der Waals surface area contributed by atoms with Gasteiger partial charge in [-0.15, -0.1) is 0 Å². The van der Waals surface area contributed by atoms with Gasteiger partial charge in [0.25, 0.3) is 0 Å². The highest BCUT2D eigenvalue weighted by Crippen LogP contribution is 1.98. The van der Waals surface area contributed by atoms with E-state index in [4.69, 9.17) is 0 Å². The summed E-state index contributed by atoms with van der Waals surface area (Å²) in [6, 6.07) is 3.81. The lowest BCUT2D eigenvalue weighted by molar-refractivity contribution is 0.920. The molecule has 0 fully saturated rings. The van der Waals surface area contributed by atoms with Gasteiger partial charge in [-0.1, -0.05) is 25.3 Å². The summed E-state index contributed by atoms with van der Waals surface area (Å²) in [6.45, 7) is 9.29. The normalized spacial score (nSPS) is 11.4. The van der Waals surface area contributed by atoms with Crippen molar-refractivity contribution < 1.29 is 0 Å². The summed E-state index contributed by atoms with van der Waals surface area (Å²) in [5.74, 6) is 0. The Morgan fingerprint density at radius 1 is 1.44 bits per heavy atom. The fourth-order valence-corrected chi connectivity index (χ4v) is 1.03. The Kier molecular flexibility index (Phi) is 4.73. The zero-order chi connectivity index (χ0) is 11.8. The molecule has 16 heavy (non-hydrogen) atoms. The quantitative estimate of drug-likeness (QED) is 0.464. The minimum atomic E-state index is 0.716. The third-order valence-corrected chi connectivity index (χ3v) is 1.90. The van der Waals surface area contributed by atoms with Gasteiger partial charge < -0.3 is 0 Å². The Labute approximate surface area is 95.9 Å². The molecule has 1 aromatic heterocycles. The van der Waals surface area contributed by atoms with E-state index in [1.165, 1.54) is 0 Å². The maximum Gasteiger partial charge on any atom is 0.0649 e. The number of hydrogen-bond donors (Lipinski definition) is 1. The van der Waals surface area contributed by atoms with Crippen molar-refractivity contribution in [3.8, 4) is 0 Å². The Morgan fingerprint density at radius 2 is 2.12 bits per heavy atom. The van der Waals surface area contributed by atoms with Crippen molar-refractivity contribution >= 4 is 5.71 Å². The van der Waals surface area contributed by atoms with E-state index in [0.29, 0.717) is 5.70 Å². The zero-order valence-electron chi connectivity index (χ0n) is 9.35. The average molecular weight is 213 g/mol. The molecule has 0 amide bonds. The van der Waals surface area contributed by atoms with E-state index in [2.05, 4.69) is 28.7 Å². The topological polar surface area (TPSA) is 37.3 Å². The minimum absolute atomic E-state index is 0.716. The molecule has 82 valence electrons. The minimum Gasteiger partial charge on any atom is -0.279 e. The van der Waals surface area contributed by atoms with Gasteiger partial charge in [-0.05, 0) is 25.1 Å². The second-order valence-electron chi connectivity index (χ2n) is 3.16. The van der Waals surface area contributed by atoms with E-state index in [9.17, 15) is 0 Å². The van der Waals surface area contributed by atoms with Gasteiger partial charge in [0, 0.05) is 23.7 Å². The summed E-state index contributed by atoms with van der Waals surface area (Å²) in [6.07, 6.45) is 8.76. The summed E-state index contributed by atoms with van der Waals surface area (Å²) < 4.78 is 0. The van der Waals surface area contributed by atoms with Crippen molar-refractivity contribution in [3.63, 3.8) is 0 Å². The lowest BCUT2D eigenvalue weighted by atomic mass is 10.2. The van der Waals surface area contributed by atoms with E-state index < -0.39 is 0 Å². The number of hydrogen-bond acceptors (Lipinski definition) is 3. The summed E-state index contributed by atoms with van der Waals surface area (Å²) in [5, 5.41) is 4.20. The fraction of sp³-hybridized carbons (Fsp3) is 0.0769. The monoisotopic (exact) mass is 213 g/mol. The lowest BCUT2D eigenvalue weighted by Crippen LogP contribution is -2.06. The highest BCUT2D eigenvalue weighted by Gasteiger charge is 1.94. The highest BCUT2D eigenvalue weighted by molar-refractivity contribution is 5.98. The number of hydrazone groups is 1. The van der Waals surface area contributed by atoms with E-state index in [-0.39, 0.29) is 0 Å². The Balaban J connectivity index is 2.62. The Bertz CT molecular complexity index is 416. The van der Waals surface area contributed by atoms with Gasteiger partial charge in [-0.25, -0.2) is 0 Å². The third-order valence-electron chi connectivity index (χ3n) is 1.90. The molecule has 1 N–H and O–H groups in total. The van der Waals surface area contributed by atoms with Gasteiger partial charge in [-0.3, -0.25) is 10.4 Å². The second-order valence-corrected chi connectivity index (χ2v) is 3.16. The van der Waals surface area contributed by atoms with Crippen molar-refractivity contribution in [2.24, 2.45) is 5.10 Å². The van der Waals surface area contributed by atoms with Gasteiger partial charge in [0.1, 0.15) is 0 Å². The molecule has 1 heterocycles. The number of pyridine rings is 1. The molecule has 0 spiro atoms. The molecule has 1 rings (SSSR count). The van der Waals surface area contributed by atoms with E-state index in [0.717, 1.165) is 11.3 Å². The maximum absolute atomic E-state index is 4.20. The molecule has 3 nitrogen and oxygen atoms in total. The number of nitrogens with one attached hydrogen (secondary N) is 1. The first-order valence-corrected chi connectivity index (χ1v) is 4.92. The molecular formula is C13H15N3. The molecule has 0 aliphatic carbocycles. The molecule has 0 aromatic carbocycles. The van der Waals surface area contributed by atoms with Crippen molar-refractivity contribution in [1.82, 2.24) is 10.4 Å². The van der Waals surface area contributed by atoms with Crippen LogP contribution in [0.15, 0.2) is 66.7 Å². The van der Waals surface area contributed by atoms with Crippen LogP contribution in [-0.2, 0) is 0 Å². The average Bonchev–Trinajstić information content (AvgIpc) is 2.34. The molecule has 0 atom stereocenters. The smallest absolute Gasteiger partial charge is 0.0649 e. The van der Waals surface area contributed by atoms with Gasteiger partial charge >= 0.3 is 0 Å². The number of rotatable bonds is 5. The van der Waals surface area contributed by atoms with Gasteiger partial charge in [-0.2, -0.15) is 5.10 Å². The fourth-order valence-electron chi connectivity index (χ4n) is 1.03. The first-order chi connectivity index (χ1) is 7.74. The summed E-state index contributed by atoms with van der Waals surface area (Å²) in [4.78, 5) is 3.95. The molecule has 0 bridgehead atoms. The van der Waals surface area contributed by atoms with Crippen LogP contribution in [-0.4, -0.2) is 10.7 Å². The molecule has 0 unspecified atom stereocenters. The molecular weight excluding hydrogens is 198 g/mol. The van der Waals surface area contributed by atoms with Crippen molar-refractivity contribution in [1.29, 1.82) is 0 Å². The van der Waals surface area contributed by atoms with Crippen LogP contribution in [0.25, 0.3) is 0 Å². The van der Waals surface area contributed by atoms with Gasteiger partial charge in [0.2, 0.25) is 0 Å². The van der Waals surface area contributed by atoms with Crippen LogP contribution in [0.1, 0.15) is 12.5 Å². The van der Waals surface area contributed by atoms with Crippen LogP contribution >= 0.6 is 0 Å². The highest BCUT2D eigenvalue weighted by atomic mass is 15.3. The maximum atomic E-state index is 4.20. The molecule has 0 radical (unpaired) electrons. The largest absolute Gasteiger partial charge is 0.279 e. The third kappa shape index (κ3) is 3.92.